The van der Waals surface area contributed by atoms with E-state index in [-0.39, 0.29) is 18.6 Å². The van der Waals surface area contributed by atoms with E-state index in [4.69, 9.17) is 20.9 Å². The minimum Gasteiger partial charge on any atom is -0.480 e. The first-order chi connectivity index (χ1) is 10.3. The largest absolute Gasteiger partial charge is 0.480 e. The first-order valence-corrected chi connectivity index (χ1v) is 8.05. The van der Waals surface area contributed by atoms with Crippen LogP contribution in [0.4, 0.5) is 0 Å². The average Bonchev–Trinajstić information content (AvgIpc) is 2.44. The number of hydrogen-bond donors (Lipinski definition) is 5. The highest BCUT2D eigenvalue weighted by molar-refractivity contribution is 8.21. The number of nitrogens with one attached hydrogen (secondary N) is 3. The van der Waals surface area contributed by atoms with Gasteiger partial charge in [-0.2, -0.15) is 0 Å². The molecule has 2 amide bonds. The van der Waals surface area contributed by atoms with E-state index in [0.717, 1.165) is 11.0 Å². The van der Waals surface area contributed by atoms with Gasteiger partial charge in [-0.25, -0.2) is 0 Å². The Hall–Kier alpha value is -1.52. The molecule has 0 aliphatic heterocycles. The minimum absolute atomic E-state index is 0.0487. The van der Waals surface area contributed by atoms with Crippen molar-refractivity contribution in [2.45, 2.75) is 24.9 Å². The normalized spacial score (nSPS) is 13.0. The summed E-state index contributed by atoms with van der Waals surface area (Å²) in [5.41, 5.74) is 0. The van der Waals surface area contributed by atoms with Gasteiger partial charge in [-0.3, -0.25) is 19.2 Å². The van der Waals surface area contributed by atoms with Crippen LogP contribution in [-0.2, 0) is 19.2 Å². The van der Waals surface area contributed by atoms with Crippen LogP contribution in [-0.4, -0.2) is 65.4 Å². The molecule has 0 spiro atoms. The van der Waals surface area contributed by atoms with Gasteiger partial charge in [0.1, 0.15) is 18.6 Å². The zero-order valence-corrected chi connectivity index (χ0v) is 13.4. The highest BCUT2D eigenvalue weighted by Crippen LogP contribution is 2.08. The van der Waals surface area contributed by atoms with Crippen LogP contribution < -0.4 is 16.0 Å². The molecule has 0 aliphatic rings. The Morgan fingerprint density at radius 2 is 1.82 bits per heavy atom. The summed E-state index contributed by atoms with van der Waals surface area (Å²) in [5.74, 6) is -3.44. The molecule has 0 aromatic rings. The molecule has 0 unspecified atom stereocenters. The topological polar surface area (TPSA) is 145 Å². The Labute approximate surface area is 135 Å². The molecule has 0 saturated carbocycles. The van der Waals surface area contributed by atoms with E-state index in [1.54, 1.807) is 0 Å². The lowest BCUT2D eigenvalue weighted by atomic mass is 10.1. The number of likely N-dealkylation sites (N-methyl/N-ethyl adjacent to an activating group) is 1. The number of carbonyl (C=O) groups excluding carboxylic acids is 2. The lowest BCUT2D eigenvalue weighted by Crippen LogP contribution is -2.49. The van der Waals surface area contributed by atoms with E-state index in [2.05, 4.69) is 16.0 Å². The van der Waals surface area contributed by atoms with Gasteiger partial charge in [0.05, 0.1) is 0 Å². The van der Waals surface area contributed by atoms with Gasteiger partial charge in [-0.1, -0.05) is 11.0 Å². The molecule has 0 aromatic carbocycles. The van der Waals surface area contributed by atoms with Gasteiger partial charge in [0.2, 0.25) is 11.8 Å². The highest BCUT2D eigenvalue weighted by Gasteiger charge is 2.22. The average molecular weight is 356 g/mol. The van der Waals surface area contributed by atoms with Crippen molar-refractivity contribution in [1.29, 1.82) is 0 Å². The maximum Gasteiger partial charge on any atom is 0.322 e. The summed E-state index contributed by atoms with van der Waals surface area (Å²) in [6, 6.07) is -1.86. The second-order valence-corrected chi connectivity index (χ2v) is 5.43. The molecule has 9 nitrogen and oxygen atoms in total. The molecule has 0 saturated heterocycles. The first-order valence-electron chi connectivity index (χ1n) is 6.24. The second kappa shape index (κ2) is 11.1. The van der Waals surface area contributed by atoms with Crippen LogP contribution in [0, 0.1) is 0 Å². The second-order valence-electron chi connectivity index (χ2n) is 4.23. The van der Waals surface area contributed by atoms with Crippen molar-refractivity contribution in [3.8, 4) is 0 Å². The lowest BCUT2D eigenvalue weighted by Gasteiger charge is -2.17. The van der Waals surface area contributed by atoms with Crippen LogP contribution in [0.3, 0.4) is 0 Å². The molecule has 5 N–H and O–H groups in total. The van der Waals surface area contributed by atoms with Crippen molar-refractivity contribution in [3.05, 3.63) is 0 Å². The van der Waals surface area contributed by atoms with E-state index in [1.165, 1.54) is 7.05 Å². The van der Waals surface area contributed by atoms with E-state index < -0.39 is 42.4 Å². The maximum absolute atomic E-state index is 11.7. The molecular formula is C11H18ClN3O6S. The third-order valence-corrected chi connectivity index (χ3v) is 3.44. The number of carboxylic acids is 2. The van der Waals surface area contributed by atoms with Crippen LogP contribution in [0.1, 0.15) is 12.8 Å². The van der Waals surface area contributed by atoms with Gasteiger partial charge in [0.25, 0.3) is 0 Å². The van der Waals surface area contributed by atoms with Gasteiger partial charge in [-0.15, -0.1) is 0 Å². The van der Waals surface area contributed by atoms with E-state index in [1.807, 2.05) is 0 Å². The molecule has 0 fully saturated rings. The Morgan fingerprint density at radius 3 is 2.27 bits per heavy atom. The first kappa shape index (κ1) is 20.5. The summed E-state index contributed by atoms with van der Waals surface area (Å²) in [7, 11) is 7.71. The third kappa shape index (κ3) is 8.70. The number of carbonyl (C=O) groups is 4. The maximum atomic E-state index is 11.7. The molecular weight excluding hydrogens is 338 g/mol. The number of amides is 2. The summed E-state index contributed by atoms with van der Waals surface area (Å²) in [4.78, 5) is 44.6. The monoisotopic (exact) mass is 355 g/mol. The van der Waals surface area contributed by atoms with Crippen molar-refractivity contribution in [1.82, 2.24) is 16.0 Å². The Kier molecular flexibility index (Phi) is 10.3. The smallest absolute Gasteiger partial charge is 0.322 e. The predicted octanol–water partition coefficient (Wildman–Crippen LogP) is -0.988. The number of aliphatic carboxylic acids is 2. The van der Waals surface area contributed by atoms with Crippen molar-refractivity contribution in [2.75, 3.05) is 19.3 Å². The molecule has 0 rings (SSSR count). The zero-order valence-electron chi connectivity index (χ0n) is 11.8. The summed E-state index contributed by atoms with van der Waals surface area (Å²) in [6.07, 6.45) is -0.0530. The van der Waals surface area contributed by atoms with Crippen LogP contribution in [0.5, 0.6) is 0 Å². The van der Waals surface area contributed by atoms with Crippen molar-refractivity contribution in [3.63, 3.8) is 0 Å². The van der Waals surface area contributed by atoms with Gasteiger partial charge >= 0.3 is 11.9 Å². The molecule has 2 atom stereocenters. The van der Waals surface area contributed by atoms with E-state index in [9.17, 15) is 19.2 Å². The fourth-order valence-electron chi connectivity index (χ4n) is 1.47. The van der Waals surface area contributed by atoms with Crippen molar-refractivity contribution < 1.29 is 29.4 Å². The third-order valence-electron chi connectivity index (χ3n) is 2.60. The van der Waals surface area contributed by atoms with Crippen LogP contribution in [0.15, 0.2) is 0 Å². The van der Waals surface area contributed by atoms with E-state index in [0.29, 0.717) is 0 Å². The summed E-state index contributed by atoms with van der Waals surface area (Å²) >= 11 is 0. The Morgan fingerprint density at radius 1 is 1.18 bits per heavy atom. The van der Waals surface area contributed by atoms with E-state index >= 15 is 0 Å². The highest BCUT2D eigenvalue weighted by atomic mass is 35.7. The fraction of sp³-hybridized carbons (Fsp3) is 0.636. The van der Waals surface area contributed by atoms with Gasteiger partial charge < -0.3 is 26.2 Å². The molecule has 22 heavy (non-hydrogen) atoms. The van der Waals surface area contributed by atoms with Crippen molar-refractivity contribution in [2.24, 2.45) is 0 Å². The molecule has 0 radical (unpaired) electrons. The molecule has 0 bridgehead atoms. The number of hydrogen-bond acceptors (Lipinski definition) is 6. The van der Waals surface area contributed by atoms with Crippen LogP contribution in [0.25, 0.3) is 0 Å². The lowest BCUT2D eigenvalue weighted by molar-refractivity contribution is -0.139. The SMILES string of the molecule is CN[C@@H](CCC(=O)N[C@@H](CSCl)C(=O)NCC(=O)O)C(=O)O. The fourth-order valence-corrected chi connectivity index (χ4v) is 2.20. The summed E-state index contributed by atoms with van der Waals surface area (Å²) in [6.45, 7) is -0.570. The van der Waals surface area contributed by atoms with Gasteiger partial charge in [0.15, 0.2) is 0 Å². The molecule has 0 heterocycles. The zero-order chi connectivity index (χ0) is 17.1. The standard InChI is InChI=1S/C11H18ClN3O6S/c1-13-6(11(20)21)2-3-8(16)15-7(5-22-12)10(19)14-4-9(17)18/h6-7,13H,2-5H2,1H3,(H,14,19)(H,15,16)(H,17,18)(H,20,21)/t6-,7-/m0/s1. The van der Waals surface area contributed by atoms with Crippen molar-refractivity contribution >= 4 is 45.4 Å². The minimum atomic E-state index is -1.21. The quantitative estimate of drug-likeness (QED) is 0.318. The number of rotatable bonds is 11. The van der Waals surface area contributed by atoms with Crippen LogP contribution >= 0.6 is 21.7 Å². The Bertz CT molecular complexity index is 423. The summed E-state index contributed by atoms with van der Waals surface area (Å²) in [5, 5.41) is 24.4. The molecule has 126 valence electrons. The number of halogens is 1. The van der Waals surface area contributed by atoms with Gasteiger partial charge in [-0.05, 0) is 24.2 Å². The molecule has 11 heteroatoms. The number of carboxylic acid groups (broad SMARTS) is 2. The van der Waals surface area contributed by atoms with Crippen LogP contribution in [0.2, 0.25) is 0 Å². The van der Waals surface area contributed by atoms with Gasteiger partial charge in [0, 0.05) is 12.2 Å². The predicted molar refractivity (Wildman–Crippen MR) is 80.6 cm³/mol. The summed E-state index contributed by atoms with van der Waals surface area (Å²) < 4.78 is 0. The molecule has 0 aromatic heterocycles. The molecule has 0 aliphatic carbocycles. The Balaban J connectivity index is 4.42.